The van der Waals surface area contributed by atoms with Gasteiger partial charge in [-0.25, -0.2) is 9.59 Å². The first-order valence-electron chi connectivity index (χ1n) is 5.56. The van der Waals surface area contributed by atoms with E-state index >= 15 is 0 Å². The van der Waals surface area contributed by atoms with Gasteiger partial charge in [-0.3, -0.25) is 10.00 Å². The van der Waals surface area contributed by atoms with Gasteiger partial charge in [0, 0.05) is 19.3 Å². The molecular weight excluding hydrogens is 284 g/mol. The van der Waals surface area contributed by atoms with Crippen molar-refractivity contribution in [1.82, 2.24) is 9.78 Å². The molecule has 0 aliphatic carbocycles. The van der Waals surface area contributed by atoms with E-state index in [0.29, 0.717) is 5.82 Å². The van der Waals surface area contributed by atoms with Crippen molar-refractivity contribution >= 4 is 35.1 Å². The molecule has 2 amide bonds. The minimum absolute atomic E-state index is 0.0301. The third-order valence-electron chi connectivity index (χ3n) is 2.42. The van der Waals surface area contributed by atoms with E-state index < -0.39 is 12.0 Å². The van der Waals surface area contributed by atoms with E-state index in [1.54, 1.807) is 19.3 Å². The molecule has 0 atom stereocenters. The number of halogens is 1. The number of hydrogen-bond donors (Lipinski definition) is 3. The molecule has 0 bridgehead atoms. The minimum Gasteiger partial charge on any atom is -0.478 e. The quantitative estimate of drug-likeness (QED) is 0.810. The summed E-state index contributed by atoms with van der Waals surface area (Å²) in [5, 5.41) is 18.1. The minimum atomic E-state index is -1.10. The molecule has 2 aromatic rings. The van der Waals surface area contributed by atoms with Gasteiger partial charge in [0.05, 0.1) is 16.3 Å². The number of aromatic carboxylic acids is 1. The molecule has 0 aliphatic heterocycles. The number of benzene rings is 1. The van der Waals surface area contributed by atoms with Crippen LogP contribution in [0.2, 0.25) is 5.02 Å². The van der Waals surface area contributed by atoms with Crippen LogP contribution in [0.5, 0.6) is 0 Å². The third kappa shape index (κ3) is 3.27. The number of nitrogens with zero attached hydrogens (tertiary/aromatic N) is 2. The van der Waals surface area contributed by atoms with Gasteiger partial charge in [-0.15, -0.1) is 0 Å². The predicted octanol–water partition coefficient (Wildman–Crippen LogP) is 2.42. The largest absolute Gasteiger partial charge is 0.478 e. The van der Waals surface area contributed by atoms with E-state index in [2.05, 4.69) is 15.7 Å². The van der Waals surface area contributed by atoms with E-state index in [1.165, 1.54) is 22.9 Å². The summed E-state index contributed by atoms with van der Waals surface area (Å²) in [5.74, 6) is -0.731. The summed E-state index contributed by atoms with van der Waals surface area (Å²) in [6, 6.07) is 5.10. The highest BCUT2D eigenvalue weighted by Crippen LogP contribution is 2.23. The van der Waals surface area contributed by atoms with Crippen molar-refractivity contribution in [2.75, 3.05) is 10.6 Å². The van der Waals surface area contributed by atoms with Gasteiger partial charge in [-0.1, -0.05) is 11.6 Å². The molecule has 8 heteroatoms. The number of hydrogen-bond acceptors (Lipinski definition) is 3. The van der Waals surface area contributed by atoms with Crippen LogP contribution in [0.15, 0.2) is 30.5 Å². The number of urea groups is 1. The van der Waals surface area contributed by atoms with Crippen LogP contribution in [0.4, 0.5) is 16.3 Å². The first kappa shape index (κ1) is 13.9. The molecule has 3 N–H and O–H groups in total. The molecular formula is C12H11ClN4O3. The molecule has 104 valence electrons. The number of aromatic nitrogens is 2. The fraction of sp³-hybridized carbons (Fsp3) is 0.0833. The molecule has 20 heavy (non-hydrogen) atoms. The fourth-order valence-electron chi connectivity index (χ4n) is 1.51. The van der Waals surface area contributed by atoms with Gasteiger partial charge in [0.25, 0.3) is 0 Å². The van der Waals surface area contributed by atoms with Crippen molar-refractivity contribution in [2.24, 2.45) is 7.05 Å². The highest BCUT2D eigenvalue weighted by molar-refractivity contribution is 6.34. The topological polar surface area (TPSA) is 96.2 Å². The summed E-state index contributed by atoms with van der Waals surface area (Å²) in [6.45, 7) is 0. The summed E-state index contributed by atoms with van der Waals surface area (Å²) < 4.78 is 1.54. The van der Waals surface area contributed by atoms with E-state index in [0.717, 1.165) is 0 Å². The van der Waals surface area contributed by atoms with Gasteiger partial charge in [-0.05, 0) is 18.2 Å². The van der Waals surface area contributed by atoms with Crippen molar-refractivity contribution in [2.45, 2.75) is 0 Å². The number of aryl methyl sites for hydroxylation is 1. The maximum atomic E-state index is 11.7. The van der Waals surface area contributed by atoms with Crippen LogP contribution in [0.25, 0.3) is 0 Å². The Kier molecular flexibility index (Phi) is 3.90. The predicted molar refractivity (Wildman–Crippen MR) is 74.3 cm³/mol. The smallest absolute Gasteiger partial charge is 0.335 e. The lowest BCUT2D eigenvalue weighted by atomic mass is 10.2. The second-order valence-electron chi connectivity index (χ2n) is 3.95. The summed E-state index contributed by atoms with van der Waals surface area (Å²) in [4.78, 5) is 22.6. The Morgan fingerprint density at radius 1 is 1.30 bits per heavy atom. The lowest BCUT2D eigenvalue weighted by Crippen LogP contribution is -2.20. The standard InChI is InChI=1S/C12H11ClN4O3/c1-17-5-4-10(16-17)15-12(20)14-9-6-7(11(18)19)2-3-8(9)13/h2-6H,1H3,(H,18,19)(H2,14,15,16,20). The summed E-state index contributed by atoms with van der Waals surface area (Å²) in [6.07, 6.45) is 1.67. The number of carbonyl (C=O) groups excluding carboxylic acids is 1. The van der Waals surface area contributed by atoms with Crippen LogP contribution in [0, 0.1) is 0 Å². The van der Waals surface area contributed by atoms with E-state index in [9.17, 15) is 9.59 Å². The number of anilines is 2. The van der Waals surface area contributed by atoms with Gasteiger partial charge < -0.3 is 10.4 Å². The lowest BCUT2D eigenvalue weighted by molar-refractivity contribution is 0.0697. The van der Waals surface area contributed by atoms with Crippen molar-refractivity contribution in [3.63, 3.8) is 0 Å². The molecule has 0 saturated carbocycles. The Balaban J connectivity index is 2.11. The first-order chi connectivity index (χ1) is 9.45. The SMILES string of the molecule is Cn1ccc(NC(=O)Nc2cc(C(=O)O)ccc2Cl)n1. The van der Waals surface area contributed by atoms with Crippen LogP contribution < -0.4 is 10.6 Å². The van der Waals surface area contributed by atoms with Gasteiger partial charge >= 0.3 is 12.0 Å². The highest BCUT2D eigenvalue weighted by atomic mass is 35.5. The second kappa shape index (κ2) is 5.62. The highest BCUT2D eigenvalue weighted by Gasteiger charge is 2.10. The molecule has 0 aliphatic rings. The van der Waals surface area contributed by atoms with Gasteiger partial charge in [0.15, 0.2) is 5.82 Å². The van der Waals surface area contributed by atoms with Crippen LogP contribution in [-0.2, 0) is 7.05 Å². The number of amides is 2. The molecule has 0 saturated heterocycles. The summed E-state index contributed by atoms with van der Waals surface area (Å²) in [7, 11) is 1.72. The Labute approximate surface area is 119 Å². The van der Waals surface area contributed by atoms with E-state index in [4.69, 9.17) is 16.7 Å². The van der Waals surface area contributed by atoms with E-state index in [-0.39, 0.29) is 16.3 Å². The summed E-state index contributed by atoms with van der Waals surface area (Å²) >= 11 is 5.90. The van der Waals surface area contributed by atoms with Crippen molar-refractivity contribution in [1.29, 1.82) is 0 Å². The number of carboxylic acids is 1. The molecule has 7 nitrogen and oxygen atoms in total. The zero-order valence-corrected chi connectivity index (χ0v) is 11.2. The van der Waals surface area contributed by atoms with Crippen LogP contribution >= 0.6 is 11.6 Å². The van der Waals surface area contributed by atoms with Gasteiger partial charge in [-0.2, -0.15) is 5.10 Å². The molecule has 2 rings (SSSR count). The monoisotopic (exact) mass is 294 g/mol. The molecule has 0 spiro atoms. The zero-order valence-electron chi connectivity index (χ0n) is 10.4. The van der Waals surface area contributed by atoms with Gasteiger partial charge in [0.1, 0.15) is 0 Å². The maximum absolute atomic E-state index is 11.7. The van der Waals surface area contributed by atoms with Crippen molar-refractivity contribution in [3.05, 3.63) is 41.0 Å². The van der Waals surface area contributed by atoms with Crippen LogP contribution in [0.1, 0.15) is 10.4 Å². The van der Waals surface area contributed by atoms with Gasteiger partial charge in [0.2, 0.25) is 0 Å². The maximum Gasteiger partial charge on any atom is 0.335 e. The lowest BCUT2D eigenvalue weighted by Gasteiger charge is -2.08. The zero-order chi connectivity index (χ0) is 14.7. The number of carbonyl (C=O) groups is 2. The average molecular weight is 295 g/mol. The molecule has 1 aromatic carbocycles. The number of nitrogens with one attached hydrogen (secondary N) is 2. The molecule has 1 heterocycles. The Hall–Kier alpha value is -2.54. The van der Waals surface area contributed by atoms with Crippen molar-refractivity contribution in [3.8, 4) is 0 Å². The van der Waals surface area contributed by atoms with Crippen LogP contribution in [0.3, 0.4) is 0 Å². The normalized spacial score (nSPS) is 10.1. The Morgan fingerprint density at radius 2 is 2.05 bits per heavy atom. The first-order valence-corrected chi connectivity index (χ1v) is 5.94. The molecule has 1 aromatic heterocycles. The number of rotatable bonds is 3. The third-order valence-corrected chi connectivity index (χ3v) is 2.75. The average Bonchev–Trinajstić information content (AvgIpc) is 2.77. The van der Waals surface area contributed by atoms with Crippen LogP contribution in [-0.4, -0.2) is 26.9 Å². The number of carboxylic acid groups (broad SMARTS) is 1. The second-order valence-corrected chi connectivity index (χ2v) is 4.36. The molecule has 0 unspecified atom stereocenters. The Bertz CT molecular complexity index is 668. The van der Waals surface area contributed by atoms with E-state index in [1.807, 2.05) is 0 Å². The Morgan fingerprint density at radius 3 is 2.65 bits per heavy atom. The molecule has 0 fully saturated rings. The summed E-state index contributed by atoms with van der Waals surface area (Å²) in [5.41, 5.74) is 0.238. The fourth-order valence-corrected chi connectivity index (χ4v) is 1.67. The van der Waals surface area contributed by atoms with Crippen molar-refractivity contribution < 1.29 is 14.7 Å². The molecule has 0 radical (unpaired) electrons.